The molecule has 21 heavy (non-hydrogen) atoms. The van der Waals surface area contributed by atoms with Gasteiger partial charge in [0.15, 0.2) is 5.69 Å². The highest BCUT2D eigenvalue weighted by Crippen LogP contribution is 2.13. The first-order valence-corrected chi connectivity index (χ1v) is 6.02. The zero-order valence-corrected chi connectivity index (χ0v) is 11.6. The number of anilines is 2. The van der Waals surface area contributed by atoms with E-state index in [0.717, 1.165) is 5.56 Å². The summed E-state index contributed by atoms with van der Waals surface area (Å²) in [4.78, 5) is 19.2. The summed E-state index contributed by atoms with van der Waals surface area (Å²) in [6.07, 6.45) is 1.51. The Morgan fingerprint density at radius 3 is 2.95 bits per heavy atom. The second kappa shape index (κ2) is 6.66. The molecule has 3 N–H and O–H groups in total. The minimum absolute atomic E-state index is 0.0252. The summed E-state index contributed by atoms with van der Waals surface area (Å²) in [7, 11) is 2.83. The number of carbonyl (C=O) groups is 1. The standard InChI is InChI=1S/C12H15N5O4/c1-19-6-9-7(5-21-17-9)4-14-10-3-8(11(18)20-2)15-12(13)16-10/h3,5H,4,6H2,1-2H3,(H3,13,14,15,16). The Morgan fingerprint density at radius 2 is 2.24 bits per heavy atom. The van der Waals surface area contributed by atoms with Gasteiger partial charge in [-0.2, -0.15) is 4.98 Å². The number of nitrogen functional groups attached to an aromatic ring is 1. The van der Waals surface area contributed by atoms with Crippen molar-refractivity contribution in [1.82, 2.24) is 15.1 Å². The first kappa shape index (κ1) is 14.7. The van der Waals surface area contributed by atoms with Crippen LogP contribution in [-0.4, -0.2) is 35.3 Å². The molecule has 2 heterocycles. The molecule has 0 aliphatic carbocycles. The molecule has 0 amide bonds. The summed E-state index contributed by atoms with van der Waals surface area (Å²) in [5.41, 5.74) is 7.13. The number of methoxy groups -OCH3 is 2. The van der Waals surface area contributed by atoms with E-state index < -0.39 is 5.97 Å². The lowest BCUT2D eigenvalue weighted by atomic mass is 10.2. The van der Waals surface area contributed by atoms with E-state index in [9.17, 15) is 4.79 Å². The van der Waals surface area contributed by atoms with Gasteiger partial charge in [0.2, 0.25) is 5.95 Å². The van der Waals surface area contributed by atoms with Crippen molar-refractivity contribution in [3.05, 3.63) is 29.3 Å². The quantitative estimate of drug-likeness (QED) is 0.736. The molecule has 0 aromatic carbocycles. The lowest BCUT2D eigenvalue weighted by molar-refractivity contribution is 0.0594. The number of nitrogens with two attached hydrogens (primary N) is 1. The number of esters is 1. The van der Waals surface area contributed by atoms with Crippen molar-refractivity contribution in [3.63, 3.8) is 0 Å². The third kappa shape index (κ3) is 3.66. The molecule has 0 saturated carbocycles. The number of hydrogen-bond donors (Lipinski definition) is 2. The highest BCUT2D eigenvalue weighted by atomic mass is 16.5. The molecule has 0 atom stereocenters. The van der Waals surface area contributed by atoms with Crippen molar-refractivity contribution in [2.24, 2.45) is 0 Å². The first-order chi connectivity index (χ1) is 10.1. The highest BCUT2D eigenvalue weighted by molar-refractivity contribution is 5.88. The van der Waals surface area contributed by atoms with Crippen LogP contribution in [0, 0.1) is 0 Å². The average molecular weight is 293 g/mol. The second-order valence-corrected chi connectivity index (χ2v) is 4.06. The van der Waals surface area contributed by atoms with Crippen molar-refractivity contribution in [2.75, 3.05) is 25.3 Å². The van der Waals surface area contributed by atoms with E-state index in [1.807, 2.05) is 0 Å². The fraction of sp³-hybridized carbons (Fsp3) is 0.333. The lowest BCUT2D eigenvalue weighted by Gasteiger charge is -2.07. The van der Waals surface area contributed by atoms with Crippen LogP contribution in [0.3, 0.4) is 0 Å². The van der Waals surface area contributed by atoms with Crippen molar-refractivity contribution in [1.29, 1.82) is 0 Å². The molecule has 0 bridgehead atoms. The fourth-order valence-corrected chi connectivity index (χ4v) is 1.63. The smallest absolute Gasteiger partial charge is 0.356 e. The Morgan fingerprint density at radius 1 is 1.43 bits per heavy atom. The maximum atomic E-state index is 11.5. The van der Waals surface area contributed by atoms with Gasteiger partial charge in [-0.15, -0.1) is 0 Å². The lowest BCUT2D eigenvalue weighted by Crippen LogP contribution is -2.11. The Bertz CT molecular complexity index is 628. The Balaban J connectivity index is 2.11. The molecular formula is C12H15N5O4. The molecule has 9 nitrogen and oxygen atoms in total. The van der Waals surface area contributed by atoms with Gasteiger partial charge >= 0.3 is 5.97 Å². The minimum atomic E-state index is -0.586. The molecular weight excluding hydrogens is 278 g/mol. The van der Waals surface area contributed by atoms with Crippen LogP contribution >= 0.6 is 0 Å². The Kier molecular flexibility index (Phi) is 4.67. The normalized spacial score (nSPS) is 10.4. The monoisotopic (exact) mass is 293 g/mol. The highest BCUT2D eigenvalue weighted by Gasteiger charge is 2.12. The Labute approximate surface area is 120 Å². The number of hydrogen-bond acceptors (Lipinski definition) is 9. The first-order valence-electron chi connectivity index (χ1n) is 6.02. The summed E-state index contributed by atoms with van der Waals surface area (Å²) in [5, 5.41) is 6.83. The number of nitrogens with one attached hydrogen (secondary N) is 1. The van der Waals surface area contributed by atoms with E-state index >= 15 is 0 Å². The molecule has 2 aromatic rings. The molecule has 0 aliphatic heterocycles. The number of ether oxygens (including phenoxy) is 2. The van der Waals surface area contributed by atoms with Crippen LogP contribution in [0.2, 0.25) is 0 Å². The van der Waals surface area contributed by atoms with Crippen LogP contribution in [0.4, 0.5) is 11.8 Å². The summed E-state index contributed by atoms with van der Waals surface area (Å²) >= 11 is 0. The van der Waals surface area contributed by atoms with Gasteiger partial charge < -0.3 is 25.0 Å². The Hall–Kier alpha value is -2.68. The summed E-state index contributed by atoms with van der Waals surface area (Å²) in [6.45, 7) is 0.728. The van der Waals surface area contributed by atoms with Crippen molar-refractivity contribution in [3.8, 4) is 0 Å². The van der Waals surface area contributed by atoms with E-state index in [2.05, 4.69) is 25.2 Å². The van der Waals surface area contributed by atoms with Crippen LogP contribution in [0.1, 0.15) is 21.7 Å². The molecule has 0 fully saturated rings. The molecule has 0 aliphatic rings. The molecule has 0 unspecified atom stereocenters. The van der Waals surface area contributed by atoms with Crippen LogP contribution < -0.4 is 11.1 Å². The predicted octanol–water partition coefficient (Wildman–Crippen LogP) is 0.592. The van der Waals surface area contributed by atoms with E-state index in [1.54, 1.807) is 7.11 Å². The van der Waals surface area contributed by atoms with Crippen LogP contribution in [0.5, 0.6) is 0 Å². The molecule has 0 saturated heterocycles. The zero-order valence-electron chi connectivity index (χ0n) is 11.6. The van der Waals surface area contributed by atoms with E-state index in [-0.39, 0.29) is 11.6 Å². The zero-order chi connectivity index (χ0) is 15.2. The fourth-order valence-electron chi connectivity index (χ4n) is 1.63. The van der Waals surface area contributed by atoms with Gasteiger partial charge in [0.05, 0.1) is 13.7 Å². The maximum Gasteiger partial charge on any atom is 0.356 e. The molecule has 0 radical (unpaired) electrons. The minimum Gasteiger partial charge on any atom is -0.464 e. The van der Waals surface area contributed by atoms with Gasteiger partial charge in [-0.25, -0.2) is 9.78 Å². The van der Waals surface area contributed by atoms with Gasteiger partial charge in [-0.3, -0.25) is 0 Å². The summed E-state index contributed by atoms with van der Waals surface area (Å²) < 4.78 is 14.5. The van der Waals surface area contributed by atoms with Crippen molar-refractivity contribution >= 4 is 17.7 Å². The molecule has 0 spiro atoms. The topological polar surface area (TPSA) is 125 Å². The molecule has 112 valence electrons. The van der Waals surface area contributed by atoms with Crippen molar-refractivity contribution < 1.29 is 18.8 Å². The number of aromatic nitrogens is 3. The van der Waals surface area contributed by atoms with E-state index in [4.69, 9.17) is 15.0 Å². The SMILES string of the molecule is COCc1nocc1CNc1cc(C(=O)OC)nc(N)n1. The largest absolute Gasteiger partial charge is 0.464 e. The average Bonchev–Trinajstić information content (AvgIpc) is 2.91. The second-order valence-electron chi connectivity index (χ2n) is 4.06. The van der Waals surface area contributed by atoms with Crippen LogP contribution in [-0.2, 0) is 22.6 Å². The third-order valence-corrected chi connectivity index (χ3v) is 2.61. The summed E-state index contributed by atoms with van der Waals surface area (Å²) in [5.74, 6) is -0.215. The maximum absolute atomic E-state index is 11.5. The third-order valence-electron chi connectivity index (χ3n) is 2.61. The predicted molar refractivity (Wildman–Crippen MR) is 72.3 cm³/mol. The number of nitrogens with zero attached hydrogens (tertiary/aromatic N) is 3. The van der Waals surface area contributed by atoms with Gasteiger partial charge in [-0.1, -0.05) is 5.16 Å². The van der Waals surface area contributed by atoms with Crippen LogP contribution in [0.15, 0.2) is 16.9 Å². The number of carbonyl (C=O) groups excluding carboxylic acids is 1. The van der Waals surface area contributed by atoms with Gasteiger partial charge in [0.25, 0.3) is 0 Å². The molecule has 2 rings (SSSR count). The molecule has 9 heteroatoms. The summed E-state index contributed by atoms with van der Waals surface area (Å²) in [6, 6.07) is 1.45. The van der Waals surface area contributed by atoms with Crippen molar-refractivity contribution in [2.45, 2.75) is 13.2 Å². The van der Waals surface area contributed by atoms with Gasteiger partial charge in [-0.05, 0) is 0 Å². The van der Waals surface area contributed by atoms with E-state index in [0.29, 0.717) is 24.7 Å². The van der Waals surface area contributed by atoms with Gasteiger partial charge in [0.1, 0.15) is 17.8 Å². The molecule has 2 aromatic heterocycles. The number of rotatable bonds is 6. The van der Waals surface area contributed by atoms with E-state index in [1.165, 1.54) is 19.4 Å². The van der Waals surface area contributed by atoms with Crippen LogP contribution in [0.25, 0.3) is 0 Å². The van der Waals surface area contributed by atoms with Gasteiger partial charge in [0, 0.05) is 25.3 Å².